The number of nitrogens with one attached hydrogen (secondary N) is 1. The predicted molar refractivity (Wildman–Crippen MR) is 255 cm³/mol. The molecule has 0 aliphatic heterocycles. The van der Waals surface area contributed by atoms with Gasteiger partial charge in [-0.2, -0.15) is 0 Å². The van der Waals surface area contributed by atoms with Gasteiger partial charge in [0.05, 0.1) is 25.2 Å². The fraction of sp³-hybridized carbons (Fsp3) is 0.736. The average molecular weight is 824 g/mol. The molecule has 0 aromatic rings. The van der Waals surface area contributed by atoms with Crippen LogP contribution in [0.5, 0.6) is 0 Å². The summed E-state index contributed by atoms with van der Waals surface area (Å²) in [7, 11) is 0. The zero-order chi connectivity index (χ0) is 43.1. The second-order valence-corrected chi connectivity index (χ2v) is 16.5. The Morgan fingerprint density at radius 1 is 0.525 bits per heavy atom. The van der Waals surface area contributed by atoms with Gasteiger partial charge in [0, 0.05) is 6.42 Å². The number of rotatable bonds is 43. The smallest absolute Gasteiger partial charge is 0.306 e. The van der Waals surface area contributed by atoms with Gasteiger partial charge >= 0.3 is 5.97 Å². The summed E-state index contributed by atoms with van der Waals surface area (Å²) in [5, 5.41) is 23.7. The fourth-order valence-corrected chi connectivity index (χ4v) is 7.02. The van der Waals surface area contributed by atoms with Gasteiger partial charge in [-0.25, -0.2) is 0 Å². The first-order chi connectivity index (χ1) is 29.0. The lowest BCUT2D eigenvalue weighted by molar-refractivity contribution is -0.148. The number of carbonyl (C=O) groups excluding carboxylic acids is 2. The van der Waals surface area contributed by atoms with Crippen molar-refractivity contribution in [1.82, 2.24) is 5.32 Å². The number of hydrogen-bond acceptors (Lipinski definition) is 5. The van der Waals surface area contributed by atoms with Crippen molar-refractivity contribution in [3.05, 3.63) is 72.9 Å². The highest BCUT2D eigenvalue weighted by Crippen LogP contribution is 2.16. The second kappa shape index (κ2) is 46.4. The van der Waals surface area contributed by atoms with E-state index >= 15 is 0 Å². The van der Waals surface area contributed by atoms with E-state index in [0.717, 1.165) is 77.0 Å². The van der Waals surface area contributed by atoms with Crippen LogP contribution in [-0.2, 0) is 14.3 Å². The van der Waals surface area contributed by atoms with Gasteiger partial charge in [0.15, 0.2) is 0 Å². The lowest BCUT2D eigenvalue weighted by Gasteiger charge is -2.23. The molecule has 1 amide bonds. The average Bonchev–Trinajstić information content (AvgIpc) is 3.23. The molecule has 0 spiro atoms. The Bertz CT molecular complexity index is 1110. The molecule has 3 atom stereocenters. The maximum absolute atomic E-state index is 13.1. The highest BCUT2D eigenvalue weighted by atomic mass is 16.5. The van der Waals surface area contributed by atoms with Gasteiger partial charge in [-0.05, 0) is 70.3 Å². The summed E-state index contributed by atoms with van der Waals surface area (Å²) in [4.78, 5) is 26.0. The first kappa shape index (κ1) is 56.3. The Kier molecular flexibility index (Phi) is 44.2. The zero-order valence-electron chi connectivity index (χ0n) is 38.6. The van der Waals surface area contributed by atoms with Gasteiger partial charge in [0.2, 0.25) is 5.91 Å². The van der Waals surface area contributed by atoms with Crippen molar-refractivity contribution in [2.24, 2.45) is 0 Å². The van der Waals surface area contributed by atoms with Gasteiger partial charge in [-0.3, -0.25) is 9.59 Å². The van der Waals surface area contributed by atoms with Crippen LogP contribution in [0.15, 0.2) is 72.9 Å². The highest BCUT2D eigenvalue weighted by Gasteiger charge is 2.23. The summed E-state index contributed by atoms with van der Waals surface area (Å²) in [5.74, 6) is -0.642. The number of aliphatic hydroxyl groups is 2. The van der Waals surface area contributed by atoms with E-state index in [1.807, 2.05) is 6.08 Å². The van der Waals surface area contributed by atoms with Crippen LogP contribution in [0.3, 0.4) is 0 Å². The van der Waals surface area contributed by atoms with Crippen molar-refractivity contribution >= 4 is 11.9 Å². The predicted octanol–water partition coefficient (Wildman–Crippen LogP) is 14.6. The molecule has 0 aliphatic rings. The Morgan fingerprint density at radius 3 is 1.47 bits per heavy atom. The Balaban J connectivity index is 4.71. The first-order valence-electron chi connectivity index (χ1n) is 24.7. The van der Waals surface area contributed by atoms with E-state index in [2.05, 4.69) is 86.8 Å². The molecule has 0 heterocycles. The minimum atomic E-state index is -0.822. The number of ether oxygens (including phenoxy) is 1. The fourth-order valence-electron chi connectivity index (χ4n) is 7.02. The summed E-state index contributed by atoms with van der Waals surface area (Å²) >= 11 is 0. The third-order valence-corrected chi connectivity index (χ3v) is 10.8. The first-order valence-corrected chi connectivity index (χ1v) is 24.7. The molecule has 0 aliphatic carbocycles. The third-order valence-electron chi connectivity index (χ3n) is 10.8. The molecule has 0 rings (SSSR count). The lowest BCUT2D eigenvalue weighted by atomic mass is 10.0. The number of unbranched alkanes of at least 4 members (excludes halogenated alkanes) is 21. The van der Waals surface area contributed by atoms with Gasteiger partial charge < -0.3 is 20.3 Å². The molecule has 0 fully saturated rings. The van der Waals surface area contributed by atoms with Crippen LogP contribution in [0.4, 0.5) is 0 Å². The second-order valence-electron chi connectivity index (χ2n) is 16.5. The minimum absolute atomic E-state index is 0.0512. The molecular formula is C53H93NO5. The number of aliphatic hydroxyl groups excluding tert-OH is 2. The molecule has 0 radical (unpaired) electrons. The number of carbonyl (C=O) groups is 2. The normalized spacial score (nSPS) is 13.9. The molecule has 0 aromatic carbocycles. The molecule has 3 unspecified atom stereocenters. The van der Waals surface area contributed by atoms with Crippen LogP contribution in [0.2, 0.25) is 0 Å². The largest absolute Gasteiger partial charge is 0.458 e. The van der Waals surface area contributed by atoms with Gasteiger partial charge in [-0.15, -0.1) is 0 Å². The van der Waals surface area contributed by atoms with E-state index in [-0.39, 0.29) is 24.9 Å². The topological polar surface area (TPSA) is 95.9 Å². The van der Waals surface area contributed by atoms with Crippen molar-refractivity contribution in [1.29, 1.82) is 0 Å². The van der Waals surface area contributed by atoms with E-state index in [0.29, 0.717) is 19.3 Å². The Morgan fingerprint density at radius 2 is 0.966 bits per heavy atom. The molecular weight excluding hydrogens is 731 g/mol. The SMILES string of the molecule is CC/C=C/C/C=C/C/C=C/C/C=C/C/C=C/C(CC(=O)NC(CO)C(O)CCCCCCCCCCCCCCCCC)OC(=O)CCCCCCC/C=C\CCCC. The molecule has 59 heavy (non-hydrogen) atoms. The van der Waals surface area contributed by atoms with Crippen molar-refractivity contribution < 1.29 is 24.5 Å². The van der Waals surface area contributed by atoms with Crippen LogP contribution in [0.25, 0.3) is 0 Å². The molecule has 0 saturated heterocycles. The maximum atomic E-state index is 13.1. The molecule has 340 valence electrons. The monoisotopic (exact) mass is 824 g/mol. The van der Waals surface area contributed by atoms with Crippen LogP contribution < -0.4 is 5.32 Å². The number of esters is 1. The number of hydrogen-bond donors (Lipinski definition) is 3. The summed E-state index contributed by atoms with van der Waals surface area (Å²) in [6.07, 6.45) is 58.5. The molecule has 0 aromatic heterocycles. The third kappa shape index (κ3) is 41.8. The summed E-state index contributed by atoms with van der Waals surface area (Å²) in [6, 6.07) is -0.745. The molecule has 0 saturated carbocycles. The van der Waals surface area contributed by atoms with E-state index in [1.165, 1.54) is 103 Å². The standard InChI is InChI=1S/C53H93NO5/c1-4-7-10-13-16-19-22-24-26-28-31-33-36-39-42-45-51(56)50(48-55)54-52(57)47-49(44-41-38-35-32-30-27-25-23-20-17-14-11-8-5-2)59-53(58)46-43-40-37-34-29-21-18-15-12-9-6-3/h8,11,15,17-18,20,25,27,32,35,41,44,49-51,55-56H,4-7,9-10,12-14,16,19,21-24,26,28-31,33-34,36-40,42-43,45-48H2,1-3H3,(H,54,57)/b11-8+,18-15-,20-17+,27-25+,35-32+,44-41+. The van der Waals surface area contributed by atoms with Crippen LogP contribution >= 0.6 is 0 Å². The Hall–Kier alpha value is -2.70. The van der Waals surface area contributed by atoms with Crippen molar-refractivity contribution in [2.75, 3.05) is 6.61 Å². The molecule has 6 nitrogen and oxygen atoms in total. The molecule has 3 N–H and O–H groups in total. The van der Waals surface area contributed by atoms with Gasteiger partial charge in [0.1, 0.15) is 6.10 Å². The van der Waals surface area contributed by atoms with Gasteiger partial charge in [-0.1, -0.05) is 216 Å². The molecule has 0 bridgehead atoms. The minimum Gasteiger partial charge on any atom is -0.458 e. The van der Waals surface area contributed by atoms with Crippen molar-refractivity contribution in [3.8, 4) is 0 Å². The van der Waals surface area contributed by atoms with Crippen LogP contribution in [0.1, 0.15) is 226 Å². The van der Waals surface area contributed by atoms with Crippen LogP contribution in [-0.4, -0.2) is 46.9 Å². The van der Waals surface area contributed by atoms with Crippen molar-refractivity contribution in [3.63, 3.8) is 0 Å². The number of allylic oxidation sites excluding steroid dienone is 11. The maximum Gasteiger partial charge on any atom is 0.306 e. The summed E-state index contributed by atoms with van der Waals surface area (Å²) < 4.78 is 5.80. The zero-order valence-corrected chi connectivity index (χ0v) is 38.6. The highest BCUT2D eigenvalue weighted by molar-refractivity contribution is 5.78. The van der Waals surface area contributed by atoms with Crippen LogP contribution in [0, 0.1) is 0 Å². The van der Waals surface area contributed by atoms with Crippen molar-refractivity contribution in [2.45, 2.75) is 244 Å². The quantitative estimate of drug-likeness (QED) is 0.0323. The van der Waals surface area contributed by atoms with Gasteiger partial charge in [0.25, 0.3) is 0 Å². The summed E-state index contributed by atoms with van der Waals surface area (Å²) in [5.41, 5.74) is 0. The Labute approximate surface area is 364 Å². The van der Waals surface area contributed by atoms with E-state index in [9.17, 15) is 19.8 Å². The number of amides is 1. The lowest BCUT2D eigenvalue weighted by Crippen LogP contribution is -2.46. The summed E-state index contributed by atoms with van der Waals surface area (Å²) in [6.45, 7) is 6.29. The van der Waals surface area contributed by atoms with E-state index in [1.54, 1.807) is 6.08 Å². The molecule has 6 heteroatoms. The van der Waals surface area contributed by atoms with E-state index < -0.39 is 18.2 Å². The van der Waals surface area contributed by atoms with E-state index in [4.69, 9.17) is 4.74 Å².